The van der Waals surface area contributed by atoms with Crippen molar-refractivity contribution in [3.05, 3.63) is 35.4 Å². The van der Waals surface area contributed by atoms with Crippen molar-refractivity contribution in [3.8, 4) is 0 Å². The van der Waals surface area contributed by atoms with Crippen LogP contribution in [0.3, 0.4) is 0 Å². The molecule has 0 spiro atoms. The van der Waals surface area contributed by atoms with E-state index in [9.17, 15) is 4.79 Å². The first-order valence-corrected chi connectivity index (χ1v) is 6.87. The highest BCUT2D eigenvalue weighted by atomic mass is 16.5. The lowest BCUT2D eigenvalue weighted by atomic mass is 9.82. The summed E-state index contributed by atoms with van der Waals surface area (Å²) in [6.45, 7) is 8.59. The molecule has 100 valence electrons. The monoisotopic (exact) mass is 248 g/mol. The van der Waals surface area contributed by atoms with Gasteiger partial charge in [-0.25, -0.2) is 0 Å². The Hall–Kier alpha value is -1.31. The van der Waals surface area contributed by atoms with E-state index in [1.165, 1.54) is 11.1 Å². The summed E-state index contributed by atoms with van der Waals surface area (Å²) in [5, 5.41) is 0. The Morgan fingerprint density at radius 2 is 1.94 bits per heavy atom. The van der Waals surface area contributed by atoms with E-state index in [1.807, 2.05) is 6.92 Å². The van der Waals surface area contributed by atoms with Gasteiger partial charge in [-0.3, -0.25) is 4.79 Å². The number of hydrogen-bond acceptors (Lipinski definition) is 2. The van der Waals surface area contributed by atoms with Crippen LogP contribution in [0, 0.1) is 12.8 Å². The minimum Gasteiger partial charge on any atom is -0.466 e. The molecule has 2 unspecified atom stereocenters. The van der Waals surface area contributed by atoms with Crippen molar-refractivity contribution >= 4 is 5.97 Å². The van der Waals surface area contributed by atoms with Crippen LogP contribution in [0.15, 0.2) is 24.3 Å². The molecule has 0 aliphatic rings. The van der Waals surface area contributed by atoms with Crippen LogP contribution in [-0.2, 0) is 9.53 Å². The summed E-state index contributed by atoms with van der Waals surface area (Å²) in [6.07, 6.45) is 1.78. The van der Waals surface area contributed by atoms with Gasteiger partial charge in [-0.2, -0.15) is 0 Å². The van der Waals surface area contributed by atoms with Gasteiger partial charge in [0.1, 0.15) is 0 Å². The van der Waals surface area contributed by atoms with Crippen LogP contribution in [0.25, 0.3) is 0 Å². The number of ether oxygens (including phenoxy) is 1. The number of carbonyl (C=O) groups excluding carboxylic acids is 1. The number of esters is 1. The zero-order valence-electron chi connectivity index (χ0n) is 11.9. The number of aryl methyl sites for hydroxylation is 1. The van der Waals surface area contributed by atoms with Crippen molar-refractivity contribution in [1.29, 1.82) is 0 Å². The molecule has 0 N–H and O–H groups in total. The summed E-state index contributed by atoms with van der Waals surface area (Å²) in [5.41, 5.74) is 2.49. The minimum absolute atomic E-state index is 0.0308. The van der Waals surface area contributed by atoms with E-state index < -0.39 is 0 Å². The number of benzene rings is 1. The van der Waals surface area contributed by atoms with Crippen LogP contribution in [0.5, 0.6) is 0 Å². The maximum Gasteiger partial charge on any atom is 0.309 e. The molecule has 0 aromatic heterocycles. The third-order valence-corrected chi connectivity index (χ3v) is 3.42. The molecule has 0 aliphatic heterocycles. The summed E-state index contributed by atoms with van der Waals surface area (Å²) in [5.74, 6) is 0.166. The third-order valence-electron chi connectivity index (χ3n) is 3.42. The minimum atomic E-state index is -0.0617. The Kier molecular flexibility index (Phi) is 5.90. The normalized spacial score (nSPS) is 14.0. The third kappa shape index (κ3) is 3.59. The number of rotatable bonds is 6. The quantitative estimate of drug-likeness (QED) is 0.709. The molecule has 1 aromatic carbocycles. The van der Waals surface area contributed by atoms with Crippen molar-refractivity contribution in [3.63, 3.8) is 0 Å². The highest BCUT2D eigenvalue weighted by molar-refractivity contribution is 5.73. The molecule has 0 radical (unpaired) electrons. The lowest BCUT2D eigenvalue weighted by Gasteiger charge is -2.24. The molecule has 0 heterocycles. The van der Waals surface area contributed by atoms with E-state index in [0.717, 1.165) is 12.8 Å². The fraction of sp³-hybridized carbons (Fsp3) is 0.562. The Morgan fingerprint density at radius 3 is 2.44 bits per heavy atom. The van der Waals surface area contributed by atoms with Gasteiger partial charge in [0.2, 0.25) is 0 Å². The van der Waals surface area contributed by atoms with Crippen molar-refractivity contribution in [2.24, 2.45) is 5.92 Å². The van der Waals surface area contributed by atoms with Gasteiger partial charge in [0.25, 0.3) is 0 Å². The van der Waals surface area contributed by atoms with E-state index >= 15 is 0 Å². The van der Waals surface area contributed by atoms with Gasteiger partial charge in [-0.05, 0) is 38.2 Å². The van der Waals surface area contributed by atoms with E-state index in [2.05, 4.69) is 45.0 Å². The van der Waals surface area contributed by atoms with Gasteiger partial charge < -0.3 is 4.74 Å². The van der Waals surface area contributed by atoms with E-state index in [-0.39, 0.29) is 17.8 Å². The Morgan fingerprint density at radius 1 is 1.22 bits per heavy atom. The molecule has 0 bridgehead atoms. The molecule has 0 saturated heterocycles. The SMILES string of the molecule is CCOC(=O)C(CC)C(CC)c1cccc(C)c1. The molecule has 18 heavy (non-hydrogen) atoms. The van der Waals surface area contributed by atoms with Crippen LogP contribution >= 0.6 is 0 Å². The molecule has 2 nitrogen and oxygen atoms in total. The summed E-state index contributed by atoms with van der Waals surface area (Å²) in [7, 11) is 0. The highest BCUT2D eigenvalue weighted by Gasteiger charge is 2.27. The fourth-order valence-electron chi connectivity index (χ4n) is 2.52. The van der Waals surface area contributed by atoms with Crippen LogP contribution in [0.1, 0.15) is 50.7 Å². The molecule has 0 aliphatic carbocycles. The predicted octanol–water partition coefficient (Wildman–Crippen LogP) is 4.08. The van der Waals surface area contributed by atoms with Gasteiger partial charge in [0.15, 0.2) is 0 Å². The number of hydrogen-bond donors (Lipinski definition) is 0. The smallest absolute Gasteiger partial charge is 0.309 e. The summed E-state index contributed by atoms with van der Waals surface area (Å²) in [6, 6.07) is 8.44. The zero-order valence-corrected chi connectivity index (χ0v) is 11.9. The topological polar surface area (TPSA) is 26.3 Å². The van der Waals surface area contributed by atoms with E-state index in [4.69, 9.17) is 4.74 Å². The predicted molar refractivity (Wildman–Crippen MR) is 74.6 cm³/mol. The van der Waals surface area contributed by atoms with Gasteiger partial charge in [-0.15, -0.1) is 0 Å². The molecule has 2 heteroatoms. The van der Waals surface area contributed by atoms with Crippen LogP contribution in [0.2, 0.25) is 0 Å². The second-order valence-corrected chi connectivity index (χ2v) is 4.70. The molecular formula is C16H24O2. The van der Waals surface area contributed by atoms with Crippen LogP contribution in [0.4, 0.5) is 0 Å². The fourth-order valence-corrected chi connectivity index (χ4v) is 2.52. The Balaban J connectivity index is 2.96. The molecular weight excluding hydrogens is 224 g/mol. The second kappa shape index (κ2) is 7.20. The Labute approximate surface area is 110 Å². The molecule has 1 rings (SSSR count). The highest BCUT2D eigenvalue weighted by Crippen LogP contribution is 2.31. The van der Waals surface area contributed by atoms with Gasteiger partial charge in [-0.1, -0.05) is 43.7 Å². The van der Waals surface area contributed by atoms with Crippen molar-refractivity contribution in [1.82, 2.24) is 0 Å². The first-order valence-electron chi connectivity index (χ1n) is 6.87. The van der Waals surface area contributed by atoms with Crippen molar-refractivity contribution in [2.75, 3.05) is 6.61 Å². The molecule has 0 fully saturated rings. The second-order valence-electron chi connectivity index (χ2n) is 4.70. The lowest BCUT2D eigenvalue weighted by Crippen LogP contribution is -2.24. The van der Waals surface area contributed by atoms with E-state index in [1.54, 1.807) is 0 Å². The first kappa shape index (κ1) is 14.7. The Bertz CT molecular complexity index is 384. The summed E-state index contributed by atoms with van der Waals surface area (Å²) in [4.78, 5) is 12.0. The average molecular weight is 248 g/mol. The standard InChI is InChI=1S/C16H24O2/c1-5-14(13-10-8-9-12(4)11-13)15(6-2)16(17)18-7-3/h8-11,14-15H,5-7H2,1-4H3. The average Bonchev–Trinajstić information content (AvgIpc) is 2.35. The maximum atomic E-state index is 12.0. The van der Waals surface area contributed by atoms with Gasteiger partial charge >= 0.3 is 5.97 Å². The molecule has 2 atom stereocenters. The van der Waals surface area contributed by atoms with Crippen molar-refractivity contribution in [2.45, 2.75) is 46.5 Å². The lowest BCUT2D eigenvalue weighted by molar-refractivity contribution is -0.149. The van der Waals surface area contributed by atoms with Crippen molar-refractivity contribution < 1.29 is 9.53 Å². The maximum absolute atomic E-state index is 12.0. The van der Waals surface area contributed by atoms with E-state index in [0.29, 0.717) is 6.61 Å². The van der Waals surface area contributed by atoms with Crippen LogP contribution < -0.4 is 0 Å². The molecule has 0 saturated carbocycles. The zero-order chi connectivity index (χ0) is 13.5. The molecule has 0 amide bonds. The van der Waals surface area contributed by atoms with Gasteiger partial charge in [0.05, 0.1) is 12.5 Å². The summed E-state index contributed by atoms with van der Waals surface area (Å²) < 4.78 is 5.19. The van der Waals surface area contributed by atoms with Crippen LogP contribution in [-0.4, -0.2) is 12.6 Å². The molecule has 1 aromatic rings. The van der Waals surface area contributed by atoms with Gasteiger partial charge in [0, 0.05) is 0 Å². The largest absolute Gasteiger partial charge is 0.466 e. The first-order chi connectivity index (χ1) is 8.63. The number of carbonyl (C=O) groups is 1. The summed E-state index contributed by atoms with van der Waals surface area (Å²) >= 11 is 0.